The molecule has 0 amide bonds. The fraction of sp³-hybridized carbons (Fsp3) is 0.583. The van der Waals surface area contributed by atoms with Gasteiger partial charge in [-0.25, -0.2) is 0 Å². The quantitative estimate of drug-likeness (QED) is 0.595. The van der Waals surface area contributed by atoms with Gasteiger partial charge in [0.25, 0.3) is 0 Å². The molecule has 3 nitrogen and oxygen atoms in total. The molecule has 0 spiro atoms. The van der Waals surface area contributed by atoms with E-state index >= 15 is 0 Å². The Hall–Kier alpha value is -0.515. The van der Waals surface area contributed by atoms with E-state index < -0.39 is 0 Å². The zero-order valence-corrected chi connectivity index (χ0v) is 11.8. The second kappa shape index (κ2) is 4.30. The summed E-state index contributed by atoms with van der Waals surface area (Å²) in [5, 5.41) is 0.984. The van der Waals surface area contributed by atoms with E-state index in [-0.39, 0.29) is 18.3 Å². The minimum Gasteiger partial charge on any atom is -0.398 e. The van der Waals surface area contributed by atoms with Crippen molar-refractivity contribution in [2.75, 3.05) is 6.26 Å². The van der Waals surface area contributed by atoms with E-state index in [4.69, 9.17) is 9.31 Å². The van der Waals surface area contributed by atoms with Crippen molar-refractivity contribution < 1.29 is 9.31 Å². The summed E-state index contributed by atoms with van der Waals surface area (Å²) in [6.45, 7) is 8.19. The van der Waals surface area contributed by atoms with Crippen LogP contribution in [0.5, 0.6) is 0 Å². The van der Waals surface area contributed by atoms with Gasteiger partial charge >= 0.3 is 7.12 Å². The number of aromatic nitrogens is 1. The fourth-order valence-corrected chi connectivity index (χ4v) is 2.05. The molecule has 1 fully saturated rings. The Morgan fingerprint density at radius 2 is 1.71 bits per heavy atom. The highest BCUT2D eigenvalue weighted by molar-refractivity contribution is 7.98. The molecule has 1 aromatic heterocycles. The topological polar surface area (TPSA) is 31.4 Å². The third kappa shape index (κ3) is 2.37. The SMILES string of the molecule is CSc1cccc(B2OC(C)(C)C(C)(C)O2)n1. The zero-order chi connectivity index (χ0) is 12.7. The van der Waals surface area contributed by atoms with Gasteiger partial charge in [0.1, 0.15) is 0 Å². The summed E-state index contributed by atoms with van der Waals surface area (Å²) in [6.07, 6.45) is 2.01. The van der Waals surface area contributed by atoms with Crippen molar-refractivity contribution in [3.63, 3.8) is 0 Å². The lowest BCUT2D eigenvalue weighted by Crippen LogP contribution is -2.41. The maximum Gasteiger partial charge on any atom is 0.514 e. The van der Waals surface area contributed by atoms with Crippen LogP contribution in [0.15, 0.2) is 23.2 Å². The first-order valence-corrected chi connectivity index (χ1v) is 6.95. The van der Waals surface area contributed by atoms with Gasteiger partial charge in [-0.3, -0.25) is 4.98 Å². The van der Waals surface area contributed by atoms with Crippen LogP contribution < -0.4 is 5.59 Å². The number of hydrogen-bond acceptors (Lipinski definition) is 4. The second-order valence-electron chi connectivity index (χ2n) is 5.19. The van der Waals surface area contributed by atoms with E-state index in [0.717, 1.165) is 10.6 Å². The van der Waals surface area contributed by atoms with Gasteiger partial charge in [-0.2, -0.15) is 0 Å². The first kappa shape index (κ1) is 12.9. The Labute approximate surface area is 107 Å². The molecule has 92 valence electrons. The Bertz CT molecular complexity index is 407. The van der Waals surface area contributed by atoms with Crippen LogP contribution in [-0.4, -0.2) is 29.6 Å². The van der Waals surface area contributed by atoms with Gasteiger partial charge in [0.2, 0.25) is 0 Å². The fourth-order valence-electron chi connectivity index (χ4n) is 1.64. The lowest BCUT2D eigenvalue weighted by Gasteiger charge is -2.32. The van der Waals surface area contributed by atoms with Crippen LogP contribution in [0.25, 0.3) is 0 Å². The van der Waals surface area contributed by atoms with Gasteiger partial charge in [0.15, 0.2) is 0 Å². The van der Waals surface area contributed by atoms with E-state index in [1.54, 1.807) is 11.8 Å². The predicted octanol–water partition coefficient (Wildman–Crippen LogP) is 2.10. The number of nitrogens with zero attached hydrogens (tertiary/aromatic N) is 1. The van der Waals surface area contributed by atoms with Crippen LogP contribution in [0.4, 0.5) is 0 Å². The molecule has 1 aliphatic rings. The van der Waals surface area contributed by atoms with Gasteiger partial charge in [-0.1, -0.05) is 6.07 Å². The molecule has 0 N–H and O–H groups in total. The van der Waals surface area contributed by atoms with Gasteiger partial charge in [-0.05, 0) is 46.1 Å². The van der Waals surface area contributed by atoms with E-state index in [9.17, 15) is 0 Å². The van der Waals surface area contributed by atoms with Crippen molar-refractivity contribution in [3.05, 3.63) is 18.2 Å². The highest BCUT2D eigenvalue weighted by Crippen LogP contribution is 2.36. The van der Waals surface area contributed by atoms with Gasteiger partial charge < -0.3 is 9.31 Å². The van der Waals surface area contributed by atoms with E-state index in [1.165, 1.54) is 0 Å². The molecule has 0 radical (unpaired) electrons. The number of pyridine rings is 1. The van der Waals surface area contributed by atoms with Crippen molar-refractivity contribution in [3.8, 4) is 0 Å². The van der Waals surface area contributed by atoms with Gasteiger partial charge in [0.05, 0.1) is 21.8 Å². The molecular weight excluding hydrogens is 233 g/mol. The molecule has 0 atom stereocenters. The third-order valence-corrected chi connectivity index (χ3v) is 4.09. The van der Waals surface area contributed by atoms with Crippen molar-refractivity contribution >= 4 is 24.5 Å². The lowest BCUT2D eigenvalue weighted by molar-refractivity contribution is 0.00578. The normalized spacial score (nSPS) is 21.8. The standard InChI is InChI=1S/C12H18BNO2S/c1-11(2)12(3,4)16-13(15-11)9-7-6-8-10(14-9)17-5/h6-8H,1-5H3. The number of hydrogen-bond donors (Lipinski definition) is 0. The average Bonchev–Trinajstić information content (AvgIpc) is 2.48. The lowest BCUT2D eigenvalue weighted by atomic mass is 9.84. The average molecular weight is 251 g/mol. The molecule has 17 heavy (non-hydrogen) atoms. The molecule has 1 aromatic rings. The number of thioether (sulfide) groups is 1. The smallest absolute Gasteiger partial charge is 0.398 e. The summed E-state index contributed by atoms with van der Waals surface area (Å²) in [4.78, 5) is 4.52. The number of rotatable bonds is 2. The predicted molar refractivity (Wildman–Crippen MR) is 71.7 cm³/mol. The van der Waals surface area contributed by atoms with Crippen LogP contribution in [-0.2, 0) is 9.31 Å². The molecule has 1 aliphatic heterocycles. The molecule has 0 aliphatic carbocycles. The summed E-state index contributed by atoms with van der Waals surface area (Å²) in [5.41, 5.74) is 0.221. The molecule has 2 rings (SSSR count). The molecular formula is C12H18BNO2S. The van der Waals surface area contributed by atoms with Crippen molar-refractivity contribution in [1.82, 2.24) is 4.98 Å². The third-order valence-electron chi connectivity index (χ3n) is 3.45. The van der Waals surface area contributed by atoms with E-state index in [2.05, 4.69) is 4.98 Å². The maximum absolute atomic E-state index is 5.96. The highest BCUT2D eigenvalue weighted by Gasteiger charge is 2.52. The molecule has 5 heteroatoms. The molecule has 1 saturated heterocycles. The molecule has 2 heterocycles. The van der Waals surface area contributed by atoms with Gasteiger partial charge in [-0.15, -0.1) is 11.8 Å². The summed E-state index contributed by atoms with van der Waals surface area (Å²) < 4.78 is 11.9. The summed E-state index contributed by atoms with van der Waals surface area (Å²) in [5.74, 6) is 0. The monoisotopic (exact) mass is 251 g/mol. The van der Waals surface area contributed by atoms with Crippen LogP contribution >= 0.6 is 11.8 Å². The molecule has 0 bridgehead atoms. The molecule has 0 unspecified atom stereocenters. The van der Waals surface area contributed by atoms with E-state index in [0.29, 0.717) is 0 Å². The van der Waals surface area contributed by atoms with Crippen molar-refractivity contribution in [2.45, 2.75) is 43.9 Å². The van der Waals surface area contributed by atoms with E-state index in [1.807, 2.05) is 52.1 Å². The molecule has 0 saturated carbocycles. The Morgan fingerprint density at radius 3 is 2.24 bits per heavy atom. The van der Waals surface area contributed by atoms with Crippen LogP contribution in [0.2, 0.25) is 0 Å². The second-order valence-corrected chi connectivity index (χ2v) is 6.02. The largest absolute Gasteiger partial charge is 0.514 e. The molecule has 0 aromatic carbocycles. The van der Waals surface area contributed by atoms with Crippen molar-refractivity contribution in [2.24, 2.45) is 0 Å². The van der Waals surface area contributed by atoms with Crippen LogP contribution in [0, 0.1) is 0 Å². The summed E-state index contributed by atoms with van der Waals surface area (Å²) >= 11 is 1.62. The Balaban J connectivity index is 2.25. The van der Waals surface area contributed by atoms with Gasteiger partial charge in [0, 0.05) is 0 Å². The Morgan fingerprint density at radius 1 is 1.12 bits per heavy atom. The minimum atomic E-state index is -0.368. The first-order valence-electron chi connectivity index (χ1n) is 5.72. The minimum absolute atomic E-state index is 0.311. The zero-order valence-electron chi connectivity index (χ0n) is 11.0. The maximum atomic E-state index is 5.96. The van der Waals surface area contributed by atoms with Crippen molar-refractivity contribution in [1.29, 1.82) is 0 Å². The summed E-state index contributed by atoms with van der Waals surface area (Å²) in [6, 6.07) is 5.92. The van der Waals surface area contributed by atoms with Crippen LogP contribution in [0.3, 0.4) is 0 Å². The van der Waals surface area contributed by atoms with Crippen LogP contribution in [0.1, 0.15) is 27.7 Å². The Kier molecular flexibility index (Phi) is 3.27. The first-order chi connectivity index (χ1) is 7.86. The summed E-state index contributed by atoms with van der Waals surface area (Å²) in [7, 11) is -0.368. The highest BCUT2D eigenvalue weighted by atomic mass is 32.2.